The van der Waals surface area contributed by atoms with Crippen molar-refractivity contribution in [1.82, 2.24) is 9.55 Å². The van der Waals surface area contributed by atoms with Crippen LogP contribution in [0.3, 0.4) is 0 Å². The number of fused-ring (bicyclic) bond motifs is 1. The molecule has 0 aliphatic rings. The van der Waals surface area contributed by atoms with Gasteiger partial charge in [-0.1, -0.05) is 6.07 Å². The van der Waals surface area contributed by atoms with E-state index in [-0.39, 0.29) is 12.3 Å². The van der Waals surface area contributed by atoms with E-state index in [9.17, 15) is 4.79 Å². The number of primary amides is 1. The smallest absolute Gasteiger partial charge is 0.219 e. The number of nitrogens with zero attached hydrogens (tertiary/aromatic N) is 2. The number of hydrogen-bond donors (Lipinski definition) is 1. The molecule has 5 heteroatoms. The first-order valence-corrected chi connectivity index (χ1v) is 7.21. The van der Waals surface area contributed by atoms with Crippen LogP contribution in [-0.2, 0) is 16.8 Å². The van der Waals surface area contributed by atoms with Gasteiger partial charge >= 0.3 is 0 Å². The number of amides is 1. The van der Waals surface area contributed by atoms with Crippen LogP contribution in [0, 0.1) is 6.92 Å². The van der Waals surface area contributed by atoms with Gasteiger partial charge in [0.1, 0.15) is 5.82 Å². The molecule has 0 saturated carbocycles. The third-order valence-corrected chi connectivity index (χ3v) is 3.60. The van der Waals surface area contributed by atoms with Crippen LogP contribution in [0.25, 0.3) is 11.0 Å². The van der Waals surface area contributed by atoms with Gasteiger partial charge in [-0.15, -0.1) is 11.6 Å². The van der Waals surface area contributed by atoms with Crippen molar-refractivity contribution in [2.75, 3.05) is 5.88 Å². The first-order chi connectivity index (χ1) is 9.35. The van der Waals surface area contributed by atoms with Crippen molar-refractivity contribution in [2.24, 2.45) is 5.73 Å². The fourth-order valence-electron chi connectivity index (χ4n) is 2.67. The fraction of sp³-hybridized carbons (Fsp3) is 0.467. The predicted octanol–water partition coefficient (Wildman–Crippen LogP) is 2.74. The number of carbonyl (C=O) groups is 1. The molecule has 20 heavy (non-hydrogen) atoms. The highest BCUT2D eigenvalue weighted by Gasteiger charge is 2.27. The monoisotopic (exact) mass is 293 g/mol. The van der Waals surface area contributed by atoms with Gasteiger partial charge in [0.05, 0.1) is 11.0 Å². The number of alkyl halides is 1. The van der Waals surface area contributed by atoms with Crippen LogP contribution in [-0.4, -0.2) is 21.3 Å². The zero-order chi connectivity index (χ0) is 14.9. The molecule has 2 rings (SSSR count). The van der Waals surface area contributed by atoms with E-state index in [1.807, 2.05) is 32.9 Å². The van der Waals surface area contributed by atoms with Crippen molar-refractivity contribution in [3.8, 4) is 0 Å². The molecule has 1 heterocycles. The Hall–Kier alpha value is -1.55. The van der Waals surface area contributed by atoms with E-state index in [4.69, 9.17) is 17.3 Å². The van der Waals surface area contributed by atoms with Crippen molar-refractivity contribution in [1.29, 1.82) is 0 Å². The van der Waals surface area contributed by atoms with Crippen LogP contribution >= 0.6 is 11.6 Å². The minimum atomic E-state index is -0.421. The van der Waals surface area contributed by atoms with Gasteiger partial charge in [-0.25, -0.2) is 4.98 Å². The van der Waals surface area contributed by atoms with Gasteiger partial charge in [0.15, 0.2) is 0 Å². The molecule has 1 amide bonds. The maximum absolute atomic E-state index is 11.3. The molecule has 0 bridgehead atoms. The number of benzene rings is 1. The van der Waals surface area contributed by atoms with Crippen LogP contribution < -0.4 is 5.73 Å². The summed E-state index contributed by atoms with van der Waals surface area (Å²) in [6.45, 7) is 6.04. The lowest BCUT2D eigenvalue weighted by molar-refractivity contribution is -0.119. The highest BCUT2D eigenvalue weighted by molar-refractivity contribution is 6.17. The molecule has 2 N–H and O–H groups in total. The standard InChI is InChI=1S/C15H20ClN3O/c1-10-4-5-11-12(8-10)19(14(18-11)6-7-16)15(2,3)9-13(17)20/h4-5,8H,6-7,9H2,1-3H3,(H2,17,20). The minimum Gasteiger partial charge on any atom is -0.370 e. The second kappa shape index (κ2) is 5.44. The van der Waals surface area contributed by atoms with Crippen LogP contribution in [0.5, 0.6) is 0 Å². The number of halogens is 1. The Bertz CT molecular complexity index is 646. The molecule has 0 spiro atoms. The summed E-state index contributed by atoms with van der Waals surface area (Å²) in [5.41, 5.74) is 8.07. The van der Waals surface area contributed by atoms with Crippen molar-refractivity contribution < 1.29 is 4.79 Å². The van der Waals surface area contributed by atoms with E-state index in [2.05, 4.69) is 15.6 Å². The van der Waals surface area contributed by atoms with Gasteiger partial charge < -0.3 is 10.3 Å². The van der Waals surface area contributed by atoms with E-state index < -0.39 is 5.54 Å². The molecule has 0 saturated heterocycles. The average molecular weight is 294 g/mol. The summed E-state index contributed by atoms with van der Waals surface area (Å²) in [6, 6.07) is 6.12. The normalized spacial score (nSPS) is 12.0. The summed E-state index contributed by atoms with van der Waals surface area (Å²) < 4.78 is 2.10. The van der Waals surface area contributed by atoms with Crippen molar-refractivity contribution >= 4 is 28.5 Å². The Kier molecular flexibility index (Phi) is 4.04. The van der Waals surface area contributed by atoms with Crippen LogP contribution in [0.15, 0.2) is 18.2 Å². The number of imidazole rings is 1. The molecule has 0 aliphatic carbocycles. The highest BCUT2D eigenvalue weighted by atomic mass is 35.5. The maximum Gasteiger partial charge on any atom is 0.219 e. The van der Waals surface area contributed by atoms with Crippen molar-refractivity contribution in [3.05, 3.63) is 29.6 Å². The second-order valence-electron chi connectivity index (χ2n) is 5.75. The number of rotatable bonds is 5. The van der Waals surface area contributed by atoms with Gasteiger partial charge in [0.2, 0.25) is 5.91 Å². The van der Waals surface area contributed by atoms with Crippen molar-refractivity contribution in [2.45, 2.75) is 39.2 Å². The molecule has 0 unspecified atom stereocenters. The Morgan fingerprint density at radius 1 is 1.45 bits per heavy atom. The molecule has 0 fully saturated rings. The summed E-state index contributed by atoms with van der Waals surface area (Å²) in [6.07, 6.45) is 0.930. The Morgan fingerprint density at radius 2 is 2.15 bits per heavy atom. The number of aromatic nitrogens is 2. The summed E-state index contributed by atoms with van der Waals surface area (Å²) in [7, 11) is 0. The number of aryl methyl sites for hydroxylation is 2. The quantitative estimate of drug-likeness (QED) is 0.862. The van der Waals surface area contributed by atoms with Crippen molar-refractivity contribution in [3.63, 3.8) is 0 Å². The molecule has 1 aromatic carbocycles. The first-order valence-electron chi connectivity index (χ1n) is 6.68. The lowest BCUT2D eigenvalue weighted by Crippen LogP contribution is -2.33. The zero-order valence-corrected chi connectivity index (χ0v) is 12.9. The van der Waals surface area contributed by atoms with Gasteiger partial charge in [0, 0.05) is 24.3 Å². The van der Waals surface area contributed by atoms with Gasteiger partial charge in [0.25, 0.3) is 0 Å². The Morgan fingerprint density at radius 3 is 2.75 bits per heavy atom. The van der Waals surface area contributed by atoms with Crippen LogP contribution in [0.2, 0.25) is 0 Å². The van der Waals surface area contributed by atoms with E-state index >= 15 is 0 Å². The average Bonchev–Trinajstić information content (AvgIpc) is 2.65. The first kappa shape index (κ1) is 14.9. The van der Waals surface area contributed by atoms with E-state index in [0.717, 1.165) is 22.4 Å². The minimum absolute atomic E-state index is 0.266. The SMILES string of the molecule is Cc1ccc2nc(CCCl)n(C(C)(C)CC(N)=O)c2c1. The van der Waals surface area contributed by atoms with E-state index in [1.165, 1.54) is 0 Å². The molecule has 0 atom stereocenters. The summed E-state index contributed by atoms with van der Waals surface area (Å²) >= 11 is 5.88. The van der Waals surface area contributed by atoms with E-state index in [1.54, 1.807) is 0 Å². The Labute approximate surface area is 123 Å². The van der Waals surface area contributed by atoms with Gasteiger partial charge in [-0.3, -0.25) is 4.79 Å². The highest BCUT2D eigenvalue weighted by Crippen LogP contribution is 2.29. The molecule has 108 valence electrons. The fourth-order valence-corrected chi connectivity index (χ4v) is 2.84. The van der Waals surface area contributed by atoms with Crippen LogP contribution in [0.4, 0.5) is 0 Å². The molecular weight excluding hydrogens is 274 g/mol. The number of carbonyl (C=O) groups excluding carboxylic acids is 1. The second-order valence-corrected chi connectivity index (χ2v) is 6.13. The lowest BCUT2D eigenvalue weighted by Gasteiger charge is -2.28. The summed E-state index contributed by atoms with van der Waals surface area (Å²) in [5.74, 6) is 1.07. The molecular formula is C15H20ClN3O. The third kappa shape index (κ3) is 2.80. The molecule has 0 radical (unpaired) electrons. The lowest BCUT2D eigenvalue weighted by atomic mass is 9.99. The van der Waals surface area contributed by atoms with Crippen LogP contribution in [0.1, 0.15) is 31.7 Å². The molecule has 1 aromatic heterocycles. The third-order valence-electron chi connectivity index (χ3n) is 3.41. The summed E-state index contributed by atoms with van der Waals surface area (Å²) in [4.78, 5) is 16.0. The predicted molar refractivity (Wildman–Crippen MR) is 82.0 cm³/mol. The topological polar surface area (TPSA) is 60.9 Å². The summed E-state index contributed by atoms with van der Waals surface area (Å²) in [5, 5.41) is 0. The maximum atomic E-state index is 11.3. The Balaban J connectivity index is 2.66. The molecule has 4 nitrogen and oxygen atoms in total. The number of nitrogens with two attached hydrogens (primary N) is 1. The largest absolute Gasteiger partial charge is 0.370 e. The number of hydrogen-bond acceptors (Lipinski definition) is 2. The van der Waals surface area contributed by atoms with Gasteiger partial charge in [-0.05, 0) is 38.5 Å². The van der Waals surface area contributed by atoms with E-state index in [0.29, 0.717) is 12.3 Å². The molecule has 2 aromatic rings. The molecule has 0 aliphatic heterocycles. The zero-order valence-electron chi connectivity index (χ0n) is 12.1. The van der Waals surface area contributed by atoms with Gasteiger partial charge in [-0.2, -0.15) is 0 Å².